The fourth-order valence-corrected chi connectivity index (χ4v) is 3.91. The second-order valence-corrected chi connectivity index (χ2v) is 8.43. The van der Waals surface area contributed by atoms with Crippen molar-refractivity contribution in [1.29, 1.82) is 0 Å². The number of nitrogens with zero attached hydrogens (tertiary/aromatic N) is 3. The number of hydrogen-bond acceptors (Lipinski definition) is 5. The Hall–Kier alpha value is -3.64. The molecule has 6 nitrogen and oxygen atoms in total. The number of benzene rings is 2. The van der Waals surface area contributed by atoms with Gasteiger partial charge in [-0.15, -0.1) is 0 Å². The van der Waals surface area contributed by atoms with Gasteiger partial charge >= 0.3 is 0 Å². The lowest BCUT2D eigenvalue weighted by Crippen LogP contribution is -2.33. The minimum absolute atomic E-state index is 0.0547. The Morgan fingerprint density at radius 2 is 1.94 bits per heavy atom. The van der Waals surface area contributed by atoms with Gasteiger partial charge in [0.25, 0.3) is 5.91 Å². The molecule has 1 amide bonds. The number of aromatic nitrogens is 2. The fourth-order valence-electron chi connectivity index (χ4n) is 3.72. The zero-order valence-corrected chi connectivity index (χ0v) is 18.8. The number of amides is 1. The van der Waals surface area contributed by atoms with Crippen LogP contribution < -0.4 is 9.64 Å². The minimum Gasteiger partial charge on any atom is -0.473 e. The third-order valence-corrected chi connectivity index (χ3v) is 5.83. The van der Waals surface area contributed by atoms with Crippen LogP contribution in [0, 0.1) is 6.92 Å². The molecule has 0 spiro atoms. The highest BCUT2D eigenvalue weighted by molar-refractivity contribution is 6.30. The van der Waals surface area contributed by atoms with Gasteiger partial charge in [-0.25, -0.2) is 4.98 Å². The first kappa shape index (κ1) is 21.2. The number of hydrogen-bond donors (Lipinski definition) is 0. The smallest absolute Gasteiger partial charge is 0.260 e. The van der Waals surface area contributed by atoms with Crippen molar-refractivity contribution in [2.75, 3.05) is 4.90 Å². The summed E-state index contributed by atoms with van der Waals surface area (Å²) in [4.78, 5) is 19.4. The number of ether oxygens (including phenoxy) is 1. The molecule has 7 heteroatoms. The lowest BCUT2D eigenvalue weighted by Gasteiger charge is -2.22. The summed E-state index contributed by atoms with van der Waals surface area (Å²) in [5.41, 5.74) is 3.79. The van der Waals surface area contributed by atoms with Gasteiger partial charge in [-0.1, -0.05) is 47.1 Å². The largest absolute Gasteiger partial charge is 0.473 e. The molecule has 0 saturated heterocycles. The maximum atomic E-state index is 13.2. The molecule has 5 rings (SSSR count). The van der Waals surface area contributed by atoms with Crippen molar-refractivity contribution < 1.29 is 14.1 Å². The molecule has 0 atom stereocenters. The molecule has 0 bridgehead atoms. The van der Waals surface area contributed by atoms with Crippen molar-refractivity contribution in [2.24, 2.45) is 0 Å². The predicted molar refractivity (Wildman–Crippen MR) is 127 cm³/mol. The summed E-state index contributed by atoms with van der Waals surface area (Å²) < 4.78 is 11.3. The van der Waals surface area contributed by atoms with Crippen LogP contribution in [0.3, 0.4) is 0 Å². The topological polar surface area (TPSA) is 68.5 Å². The first-order chi connectivity index (χ1) is 16.1. The quantitative estimate of drug-likeness (QED) is 0.334. The van der Waals surface area contributed by atoms with Crippen molar-refractivity contribution in [3.63, 3.8) is 0 Å². The molecule has 166 valence electrons. The summed E-state index contributed by atoms with van der Waals surface area (Å²) >= 11 is 6.12. The predicted octanol–water partition coefficient (Wildman–Crippen LogP) is 6.09. The zero-order valence-electron chi connectivity index (χ0n) is 18.1. The summed E-state index contributed by atoms with van der Waals surface area (Å²) in [6.07, 6.45) is 3.60. The van der Waals surface area contributed by atoms with Crippen molar-refractivity contribution in [1.82, 2.24) is 10.1 Å². The van der Waals surface area contributed by atoms with Gasteiger partial charge in [-0.2, -0.15) is 0 Å². The van der Waals surface area contributed by atoms with Gasteiger partial charge < -0.3 is 14.2 Å². The maximum absolute atomic E-state index is 13.2. The Balaban J connectivity index is 1.30. The molecule has 2 aromatic carbocycles. The van der Waals surface area contributed by atoms with Crippen molar-refractivity contribution in [2.45, 2.75) is 32.4 Å². The van der Waals surface area contributed by atoms with Crippen LogP contribution in [0.25, 0.3) is 11.3 Å². The van der Waals surface area contributed by atoms with Crippen LogP contribution in [0.4, 0.5) is 5.69 Å². The van der Waals surface area contributed by atoms with Crippen LogP contribution in [0.2, 0.25) is 5.02 Å². The third-order valence-electron chi connectivity index (χ3n) is 5.60. The molecular weight excluding hydrogens is 438 g/mol. The van der Waals surface area contributed by atoms with Gasteiger partial charge in [0.05, 0.1) is 11.1 Å². The fraction of sp³-hybridized carbons (Fsp3) is 0.192. The average Bonchev–Trinajstić information content (AvgIpc) is 3.60. The van der Waals surface area contributed by atoms with E-state index >= 15 is 0 Å². The summed E-state index contributed by atoms with van der Waals surface area (Å²) in [5.74, 6) is 1.03. The SMILES string of the molecule is Cc1onc(-c2cccc(Cl)c2)c1COc1ccc(C(=O)N(c2ccccc2)C2CC2)cn1. The van der Waals surface area contributed by atoms with Crippen LogP contribution in [0.15, 0.2) is 77.4 Å². The minimum atomic E-state index is -0.0547. The van der Waals surface area contributed by atoms with Gasteiger partial charge in [0, 0.05) is 34.6 Å². The second-order valence-electron chi connectivity index (χ2n) is 7.99. The molecule has 0 radical (unpaired) electrons. The second kappa shape index (κ2) is 9.08. The molecule has 33 heavy (non-hydrogen) atoms. The summed E-state index contributed by atoms with van der Waals surface area (Å²) in [6, 6.07) is 20.9. The standard InChI is InChI=1S/C26H22ClN3O3/c1-17-23(25(29-33-17)18-6-5-7-20(27)14-18)16-32-24-13-10-19(15-28-24)26(31)30(22-11-12-22)21-8-3-2-4-9-21/h2-10,13-15,22H,11-12,16H2,1H3. The van der Waals surface area contributed by atoms with E-state index in [0.29, 0.717) is 27.9 Å². The molecule has 4 aromatic rings. The number of carbonyl (C=O) groups is 1. The number of anilines is 1. The van der Waals surface area contributed by atoms with E-state index < -0.39 is 0 Å². The lowest BCUT2D eigenvalue weighted by atomic mass is 10.1. The maximum Gasteiger partial charge on any atom is 0.260 e. The van der Waals surface area contributed by atoms with E-state index in [2.05, 4.69) is 10.1 Å². The molecule has 0 unspecified atom stereocenters. The van der Waals surface area contributed by atoms with Crippen LogP contribution in [0.5, 0.6) is 5.88 Å². The first-order valence-corrected chi connectivity index (χ1v) is 11.2. The highest BCUT2D eigenvalue weighted by Gasteiger charge is 2.34. The lowest BCUT2D eigenvalue weighted by molar-refractivity contribution is 0.0985. The number of carbonyl (C=O) groups excluding carboxylic acids is 1. The van der Waals surface area contributed by atoms with Crippen molar-refractivity contribution >= 4 is 23.2 Å². The van der Waals surface area contributed by atoms with Gasteiger partial charge in [0.2, 0.25) is 5.88 Å². The van der Waals surface area contributed by atoms with Gasteiger partial charge in [0.1, 0.15) is 18.1 Å². The van der Waals surface area contributed by atoms with E-state index in [1.54, 1.807) is 18.3 Å². The van der Waals surface area contributed by atoms with E-state index in [9.17, 15) is 4.79 Å². The number of rotatable bonds is 7. The van der Waals surface area contributed by atoms with Crippen LogP contribution in [0.1, 0.15) is 34.5 Å². The molecule has 1 fully saturated rings. The van der Waals surface area contributed by atoms with E-state index in [4.69, 9.17) is 20.9 Å². The number of aryl methyl sites for hydroxylation is 1. The molecular formula is C26H22ClN3O3. The van der Waals surface area contributed by atoms with Crippen LogP contribution in [-0.2, 0) is 6.61 Å². The summed E-state index contributed by atoms with van der Waals surface area (Å²) in [6.45, 7) is 2.07. The Morgan fingerprint density at radius 3 is 2.64 bits per heavy atom. The molecule has 0 N–H and O–H groups in total. The van der Waals surface area contributed by atoms with Gasteiger partial charge in [0.15, 0.2) is 0 Å². The number of halogens is 1. The third kappa shape index (κ3) is 4.61. The zero-order chi connectivity index (χ0) is 22.8. The van der Waals surface area contributed by atoms with Crippen molar-refractivity contribution in [3.8, 4) is 17.1 Å². The van der Waals surface area contributed by atoms with E-state index in [1.165, 1.54) is 0 Å². The molecule has 1 aliphatic carbocycles. The van der Waals surface area contributed by atoms with E-state index in [1.807, 2.05) is 66.4 Å². The van der Waals surface area contributed by atoms with Crippen LogP contribution >= 0.6 is 11.6 Å². The highest BCUT2D eigenvalue weighted by Crippen LogP contribution is 2.33. The van der Waals surface area contributed by atoms with Gasteiger partial charge in [-0.05, 0) is 50.1 Å². The summed E-state index contributed by atoms with van der Waals surface area (Å²) in [5, 5.41) is 4.79. The average molecular weight is 460 g/mol. The normalized spacial score (nSPS) is 13.0. The molecule has 1 aliphatic rings. The summed E-state index contributed by atoms with van der Waals surface area (Å²) in [7, 11) is 0. The highest BCUT2D eigenvalue weighted by atomic mass is 35.5. The molecule has 1 saturated carbocycles. The molecule has 2 heterocycles. The number of para-hydroxylation sites is 1. The molecule has 0 aliphatic heterocycles. The Labute approximate surface area is 196 Å². The van der Waals surface area contributed by atoms with E-state index in [0.717, 1.165) is 29.7 Å². The Kier molecular flexibility index (Phi) is 5.84. The molecule has 2 aromatic heterocycles. The number of pyridine rings is 1. The Bertz CT molecular complexity index is 1270. The van der Waals surface area contributed by atoms with E-state index in [-0.39, 0.29) is 18.6 Å². The monoisotopic (exact) mass is 459 g/mol. The van der Waals surface area contributed by atoms with Crippen molar-refractivity contribution in [3.05, 3.63) is 94.8 Å². The first-order valence-electron chi connectivity index (χ1n) is 10.8. The Morgan fingerprint density at radius 1 is 1.12 bits per heavy atom. The van der Waals surface area contributed by atoms with Crippen LogP contribution in [-0.4, -0.2) is 22.1 Å². The van der Waals surface area contributed by atoms with Gasteiger partial charge in [-0.3, -0.25) is 4.79 Å².